The lowest BCUT2D eigenvalue weighted by molar-refractivity contribution is 0.102. The van der Waals surface area contributed by atoms with Crippen LogP contribution in [-0.4, -0.2) is 10.9 Å². The molecule has 1 aromatic heterocycles. The SMILES string of the molecule is O=C(Nc1ccc(F)cc1Br)c1ccnc(Cl)c1. The van der Waals surface area contributed by atoms with Crippen LogP contribution >= 0.6 is 27.5 Å². The van der Waals surface area contributed by atoms with Crippen LogP contribution in [0.2, 0.25) is 5.15 Å². The lowest BCUT2D eigenvalue weighted by atomic mass is 10.2. The first kappa shape index (κ1) is 13.0. The number of hydrogen-bond donors (Lipinski definition) is 1. The Morgan fingerprint density at radius 3 is 2.78 bits per heavy atom. The average Bonchev–Trinajstić information content (AvgIpc) is 2.32. The number of benzene rings is 1. The highest BCUT2D eigenvalue weighted by Gasteiger charge is 2.09. The zero-order chi connectivity index (χ0) is 13.1. The molecule has 1 N–H and O–H groups in total. The van der Waals surface area contributed by atoms with Crippen molar-refractivity contribution >= 4 is 39.1 Å². The van der Waals surface area contributed by atoms with Crippen molar-refractivity contribution in [3.8, 4) is 0 Å². The molecule has 6 heteroatoms. The summed E-state index contributed by atoms with van der Waals surface area (Å²) in [5.41, 5.74) is 0.862. The van der Waals surface area contributed by atoms with E-state index in [1.165, 1.54) is 30.5 Å². The van der Waals surface area contributed by atoms with E-state index in [4.69, 9.17) is 11.6 Å². The lowest BCUT2D eigenvalue weighted by Gasteiger charge is -2.07. The summed E-state index contributed by atoms with van der Waals surface area (Å²) in [6, 6.07) is 7.00. The second-order valence-electron chi connectivity index (χ2n) is 3.45. The van der Waals surface area contributed by atoms with Crippen LogP contribution < -0.4 is 5.32 Å². The van der Waals surface area contributed by atoms with Gasteiger partial charge < -0.3 is 5.32 Å². The minimum absolute atomic E-state index is 0.237. The number of hydrogen-bond acceptors (Lipinski definition) is 2. The summed E-state index contributed by atoms with van der Waals surface area (Å²) in [6.45, 7) is 0. The largest absolute Gasteiger partial charge is 0.321 e. The van der Waals surface area contributed by atoms with E-state index in [1.807, 2.05) is 0 Å². The van der Waals surface area contributed by atoms with Gasteiger partial charge in [0, 0.05) is 16.2 Å². The topological polar surface area (TPSA) is 42.0 Å². The highest BCUT2D eigenvalue weighted by molar-refractivity contribution is 9.10. The molecule has 0 saturated heterocycles. The van der Waals surface area contributed by atoms with Crippen LogP contribution in [0.3, 0.4) is 0 Å². The van der Waals surface area contributed by atoms with Crippen molar-refractivity contribution in [2.75, 3.05) is 5.32 Å². The standard InChI is InChI=1S/C12H7BrClFN2O/c13-9-6-8(15)1-2-10(9)17-12(18)7-3-4-16-11(14)5-7/h1-6H,(H,17,18). The maximum atomic E-state index is 12.9. The third kappa shape index (κ3) is 3.05. The zero-order valence-corrected chi connectivity index (χ0v) is 11.3. The Labute approximate surface area is 116 Å². The van der Waals surface area contributed by atoms with Crippen molar-refractivity contribution in [1.29, 1.82) is 0 Å². The summed E-state index contributed by atoms with van der Waals surface area (Å²) in [6.07, 6.45) is 1.44. The highest BCUT2D eigenvalue weighted by atomic mass is 79.9. The molecular formula is C12H7BrClFN2O. The van der Waals surface area contributed by atoms with Crippen LogP contribution in [0.25, 0.3) is 0 Å². The molecule has 92 valence electrons. The summed E-state index contributed by atoms with van der Waals surface area (Å²) in [7, 11) is 0. The lowest BCUT2D eigenvalue weighted by Crippen LogP contribution is -2.12. The Hall–Kier alpha value is -1.46. The average molecular weight is 330 g/mol. The van der Waals surface area contributed by atoms with Crippen molar-refractivity contribution in [3.05, 3.63) is 57.5 Å². The van der Waals surface area contributed by atoms with E-state index in [9.17, 15) is 9.18 Å². The summed E-state index contributed by atoms with van der Waals surface area (Å²) < 4.78 is 13.4. The Bertz CT molecular complexity index is 606. The Morgan fingerprint density at radius 2 is 2.11 bits per heavy atom. The quantitative estimate of drug-likeness (QED) is 0.849. The Morgan fingerprint density at radius 1 is 1.33 bits per heavy atom. The van der Waals surface area contributed by atoms with E-state index in [0.29, 0.717) is 15.7 Å². The molecule has 1 amide bonds. The smallest absolute Gasteiger partial charge is 0.255 e. The molecule has 3 nitrogen and oxygen atoms in total. The molecular weight excluding hydrogens is 323 g/mol. The van der Waals surface area contributed by atoms with Gasteiger partial charge in [-0.05, 0) is 46.3 Å². The van der Waals surface area contributed by atoms with E-state index >= 15 is 0 Å². The fraction of sp³-hybridized carbons (Fsp3) is 0. The molecule has 0 atom stereocenters. The molecule has 1 heterocycles. The molecule has 0 bridgehead atoms. The predicted octanol–water partition coefficient (Wildman–Crippen LogP) is 3.89. The normalized spacial score (nSPS) is 10.2. The Balaban J connectivity index is 2.21. The van der Waals surface area contributed by atoms with Gasteiger partial charge in [-0.3, -0.25) is 4.79 Å². The fourth-order valence-electron chi connectivity index (χ4n) is 1.33. The molecule has 0 radical (unpaired) electrons. The van der Waals surface area contributed by atoms with Gasteiger partial charge >= 0.3 is 0 Å². The summed E-state index contributed by atoms with van der Waals surface area (Å²) in [4.78, 5) is 15.7. The second kappa shape index (κ2) is 5.46. The maximum Gasteiger partial charge on any atom is 0.255 e. The first-order valence-electron chi connectivity index (χ1n) is 4.94. The summed E-state index contributed by atoms with van der Waals surface area (Å²) in [5.74, 6) is -0.724. The number of pyridine rings is 1. The number of amides is 1. The first-order valence-corrected chi connectivity index (χ1v) is 6.11. The number of carbonyl (C=O) groups excluding carboxylic acids is 1. The van der Waals surface area contributed by atoms with Gasteiger partial charge in [-0.2, -0.15) is 0 Å². The number of nitrogens with zero attached hydrogens (tertiary/aromatic N) is 1. The van der Waals surface area contributed by atoms with Gasteiger partial charge in [0.15, 0.2) is 0 Å². The van der Waals surface area contributed by atoms with E-state index in [-0.39, 0.29) is 16.9 Å². The third-order valence-electron chi connectivity index (χ3n) is 2.17. The molecule has 2 aromatic rings. The van der Waals surface area contributed by atoms with Crippen LogP contribution in [0, 0.1) is 5.82 Å². The summed E-state index contributed by atoms with van der Waals surface area (Å²) in [5, 5.41) is 2.88. The number of nitrogens with one attached hydrogen (secondary N) is 1. The van der Waals surface area contributed by atoms with E-state index in [0.717, 1.165) is 0 Å². The van der Waals surface area contributed by atoms with E-state index in [2.05, 4.69) is 26.2 Å². The van der Waals surface area contributed by atoms with E-state index in [1.54, 1.807) is 6.07 Å². The molecule has 0 aliphatic rings. The predicted molar refractivity (Wildman–Crippen MR) is 71.3 cm³/mol. The molecule has 0 aliphatic heterocycles. The third-order valence-corrected chi connectivity index (χ3v) is 3.03. The van der Waals surface area contributed by atoms with Crippen molar-refractivity contribution in [2.24, 2.45) is 0 Å². The van der Waals surface area contributed by atoms with Crippen LogP contribution in [0.15, 0.2) is 41.0 Å². The number of carbonyl (C=O) groups is 1. The van der Waals surface area contributed by atoms with Crippen molar-refractivity contribution in [2.45, 2.75) is 0 Å². The molecule has 2 rings (SSSR count). The van der Waals surface area contributed by atoms with Gasteiger partial charge in [-0.15, -0.1) is 0 Å². The van der Waals surface area contributed by atoms with Gasteiger partial charge in [0.2, 0.25) is 0 Å². The molecule has 1 aromatic carbocycles. The molecule has 18 heavy (non-hydrogen) atoms. The van der Waals surface area contributed by atoms with Crippen LogP contribution in [0.5, 0.6) is 0 Å². The fourth-order valence-corrected chi connectivity index (χ4v) is 1.95. The first-order chi connectivity index (χ1) is 8.56. The van der Waals surface area contributed by atoms with Gasteiger partial charge in [0.1, 0.15) is 11.0 Å². The van der Waals surface area contributed by atoms with Gasteiger partial charge in [0.05, 0.1) is 5.69 Å². The minimum atomic E-state index is -0.383. The van der Waals surface area contributed by atoms with Crippen LogP contribution in [-0.2, 0) is 0 Å². The van der Waals surface area contributed by atoms with Crippen molar-refractivity contribution in [1.82, 2.24) is 4.98 Å². The summed E-state index contributed by atoms with van der Waals surface area (Å²) >= 11 is 8.86. The zero-order valence-electron chi connectivity index (χ0n) is 8.95. The molecule has 0 saturated carbocycles. The number of halogens is 3. The van der Waals surface area contributed by atoms with E-state index < -0.39 is 0 Å². The molecule has 0 spiro atoms. The second-order valence-corrected chi connectivity index (χ2v) is 4.69. The monoisotopic (exact) mass is 328 g/mol. The minimum Gasteiger partial charge on any atom is -0.321 e. The highest BCUT2D eigenvalue weighted by Crippen LogP contribution is 2.23. The van der Waals surface area contributed by atoms with Crippen LogP contribution in [0.1, 0.15) is 10.4 Å². The number of rotatable bonds is 2. The van der Waals surface area contributed by atoms with Gasteiger partial charge in [0.25, 0.3) is 5.91 Å². The van der Waals surface area contributed by atoms with Crippen molar-refractivity contribution < 1.29 is 9.18 Å². The van der Waals surface area contributed by atoms with Gasteiger partial charge in [-0.25, -0.2) is 9.37 Å². The Kier molecular flexibility index (Phi) is 3.93. The van der Waals surface area contributed by atoms with Crippen LogP contribution in [0.4, 0.5) is 10.1 Å². The maximum absolute atomic E-state index is 12.9. The number of anilines is 1. The molecule has 0 aliphatic carbocycles. The van der Waals surface area contributed by atoms with Crippen molar-refractivity contribution in [3.63, 3.8) is 0 Å². The van der Waals surface area contributed by atoms with Gasteiger partial charge in [-0.1, -0.05) is 11.6 Å². The number of aromatic nitrogens is 1. The molecule has 0 fully saturated rings. The molecule has 0 unspecified atom stereocenters.